The summed E-state index contributed by atoms with van der Waals surface area (Å²) in [5.74, 6) is 0.0615. The number of anilines is 3. The third-order valence-corrected chi connectivity index (χ3v) is 4.07. The summed E-state index contributed by atoms with van der Waals surface area (Å²) in [7, 11) is 0. The second-order valence-corrected chi connectivity index (χ2v) is 6.19. The van der Waals surface area contributed by atoms with Crippen molar-refractivity contribution in [3.63, 3.8) is 0 Å². The van der Waals surface area contributed by atoms with Crippen molar-refractivity contribution in [3.05, 3.63) is 76.0 Å². The Balaban J connectivity index is 1.68. The first kappa shape index (κ1) is 17.2. The summed E-state index contributed by atoms with van der Waals surface area (Å²) >= 11 is 12.0. The van der Waals surface area contributed by atoms with Crippen LogP contribution in [0, 0.1) is 6.92 Å². The van der Waals surface area contributed by atoms with Gasteiger partial charge in [-0.15, -0.1) is 0 Å². The highest BCUT2D eigenvalue weighted by atomic mass is 35.5. The van der Waals surface area contributed by atoms with Crippen molar-refractivity contribution in [2.45, 2.75) is 6.92 Å². The second kappa shape index (κ2) is 7.51. The zero-order chi connectivity index (χ0) is 17.8. The molecule has 2 aromatic carbocycles. The molecule has 0 radical (unpaired) electrons. The maximum Gasteiger partial charge on any atom is 0.258 e. The Morgan fingerprint density at radius 2 is 1.76 bits per heavy atom. The minimum absolute atomic E-state index is 0.311. The monoisotopic (exact) mass is 372 g/mol. The molecule has 0 aliphatic heterocycles. The summed E-state index contributed by atoms with van der Waals surface area (Å²) < 4.78 is 0. The molecule has 5 nitrogen and oxygen atoms in total. The average molecular weight is 373 g/mol. The molecule has 3 aromatic rings. The van der Waals surface area contributed by atoms with E-state index in [9.17, 15) is 4.79 Å². The van der Waals surface area contributed by atoms with Gasteiger partial charge in [0.2, 0.25) is 5.95 Å². The van der Waals surface area contributed by atoms with Gasteiger partial charge in [-0.25, -0.2) is 9.97 Å². The minimum atomic E-state index is -0.311. The Morgan fingerprint density at radius 3 is 2.44 bits per heavy atom. The Bertz CT molecular complexity index is 913. The van der Waals surface area contributed by atoms with Crippen LogP contribution in [-0.2, 0) is 0 Å². The number of carbonyl (C=O) groups is 1. The van der Waals surface area contributed by atoms with Gasteiger partial charge < -0.3 is 10.6 Å². The normalized spacial score (nSPS) is 10.4. The standard InChI is InChI=1S/C18H14Cl2N4O/c1-11-5-6-15(8-16(11)20)23-17(25)12-9-21-18(22-10-12)24-14-4-2-3-13(19)7-14/h2-10H,1H3,(H,23,25)(H,21,22,24). The lowest BCUT2D eigenvalue weighted by Gasteiger charge is -2.08. The highest BCUT2D eigenvalue weighted by Gasteiger charge is 2.09. The van der Waals surface area contributed by atoms with Crippen molar-refractivity contribution < 1.29 is 4.79 Å². The lowest BCUT2D eigenvalue weighted by Crippen LogP contribution is -2.13. The van der Waals surface area contributed by atoms with Crippen LogP contribution < -0.4 is 10.6 Å². The quantitative estimate of drug-likeness (QED) is 0.669. The minimum Gasteiger partial charge on any atom is -0.324 e. The van der Waals surface area contributed by atoms with Crippen molar-refractivity contribution in [2.24, 2.45) is 0 Å². The summed E-state index contributed by atoms with van der Waals surface area (Å²) in [5.41, 5.74) is 2.66. The topological polar surface area (TPSA) is 66.9 Å². The number of hydrogen-bond donors (Lipinski definition) is 2. The van der Waals surface area contributed by atoms with Gasteiger partial charge in [0.25, 0.3) is 5.91 Å². The van der Waals surface area contributed by atoms with Crippen LogP contribution in [0.15, 0.2) is 54.9 Å². The molecule has 3 rings (SSSR count). The van der Waals surface area contributed by atoms with Crippen LogP contribution in [0.25, 0.3) is 0 Å². The van der Waals surface area contributed by atoms with E-state index in [0.29, 0.717) is 27.2 Å². The van der Waals surface area contributed by atoms with Crippen molar-refractivity contribution in [1.29, 1.82) is 0 Å². The maximum atomic E-state index is 12.3. The number of rotatable bonds is 4. The molecule has 1 amide bonds. The zero-order valence-corrected chi connectivity index (χ0v) is 14.8. The van der Waals surface area contributed by atoms with Gasteiger partial charge in [-0.3, -0.25) is 4.79 Å². The highest BCUT2D eigenvalue weighted by molar-refractivity contribution is 6.31. The van der Waals surface area contributed by atoms with Gasteiger partial charge >= 0.3 is 0 Å². The average Bonchev–Trinajstić information content (AvgIpc) is 2.59. The summed E-state index contributed by atoms with van der Waals surface area (Å²) in [6.07, 6.45) is 2.90. The van der Waals surface area contributed by atoms with Gasteiger partial charge in [0, 0.05) is 33.8 Å². The molecule has 1 heterocycles. The van der Waals surface area contributed by atoms with E-state index in [-0.39, 0.29) is 5.91 Å². The van der Waals surface area contributed by atoms with E-state index in [1.807, 2.05) is 25.1 Å². The smallest absolute Gasteiger partial charge is 0.258 e. The van der Waals surface area contributed by atoms with E-state index in [2.05, 4.69) is 20.6 Å². The number of halogens is 2. The molecule has 0 aliphatic carbocycles. The van der Waals surface area contributed by atoms with Gasteiger partial charge in [0.15, 0.2) is 0 Å². The molecule has 0 aliphatic rings. The first-order chi connectivity index (χ1) is 12.0. The van der Waals surface area contributed by atoms with Crippen LogP contribution in [-0.4, -0.2) is 15.9 Å². The van der Waals surface area contributed by atoms with E-state index in [0.717, 1.165) is 11.3 Å². The van der Waals surface area contributed by atoms with E-state index >= 15 is 0 Å². The molecule has 0 atom stereocenters. The van der Waals surface area contributed by atoms with Gasteiger partial charge in [-0.1, -0.05) is 35.3 Å². The number of aromatic nitrogens is 2. The lowest BCUT2D eigenvalue weighted by atomic mass is 10.2. The number of carbonyl (C=O) groups excluding carboxylic acids is 1. The Kier molecular flexibility index (Phi) is 5.16. The maximum absolute atomic E-state index is 12.3. The number of benzene rings is 2. The van der Waals surface area contributed by atoms with E-state index < -0.39 is 0 Å². The summed E-state index contributed by atoms with van der Waals surface area (Å²) in [6.45, 7) is 1.90. The molecule has 0 saturated heterocycles. The molecule has 0 saturated carbocycles. The van der Waals surface area contributed by atoms with Crippen LogP contribution in [0.3, 0.4) is 0 Å². The van der Waals surface area contributed by atoms with Gasteiger partial charge in [0.05, 0.1) is 5.56 Å². The highest BCUT2D eigenvalue weighted by Crippen LogP contribution is 2.21. The predicted molar refractivity (Wildman–Crippen MR) is 101 cm³/mol. The van der Waals surface area contributed by atoms with Crippen LogP contribution in [0.4, 0.5) is 17.3 Å². The number of aryl methyl sites for hydroxylation is 1. The van der Waals surface area contributed by atoms with Crippen molar-refractivity contribution in [1.82, 2.24) is 9.97 Å². The second-order valence-electron chi connectivity index (χ2n) is 5.35. The molecule has 126 valence electrons. The molecular weight excluding hydrogens is 359 g/mol. The van der Waals surface area contributed by atoms with Gasteiger partial charge in [0.1, 0.15) is 0 Å². The first-order valence-electron chi connectivity index (χ1n) is 7.43. The van der Waals surface area contributed by atoms with E-state index in [1.54, 1.807) is 24.3 Å². The summed E-state index contributed by atoms with van der Waals surface area (Å²) in [5, 5.41) is 6.98. The molecule has 0 bridgehead atoms. The SMILES string of the molecule is Cc1ccc(NC(=O)c2cnc(Nc3cccc(Cl)c3)nc2)cc1Cl. The van der Waals surface area contributed by atoms with E-state index in [1.165, 1.54) is 12.4 Å². The molecule has 1 aromatic heterocycles. The Morgan fingerprint density at radius 1 is 1.00 bits per heavy atom. The van der Waals surface area contributed by atoms with Crippen LogP contribution in [0.2, 0.25) is 10.0 Å². The molecule has 7 heteroatoms. The predicted octanol–water partition coefficient (Wildman–Crippen LogP) is 5.09. The molecule has 0 unspecified atom stereocenters. The lowest BCUT2D eigenvalue weighted by molar-refractivity contribution is 0.102. The van der Waals surface area contributed by atoms with Gasteiger partial charge in [-0.05, 0) is 42.8 Å². The Labute approximate surface area is 155 Å². The fourth-order valence-electron chi connectivity index (χ4n) is 2.08. The fourth-order valence-corrected chi connectivity index (χ4v) is 2.45. The molecule has 0 fully saturated rings. The third-order valence-electron chi connectivity index (χ3n) is 3.42. The fraction of sp³-hybridized carbons (Fsp3) is 0.0556. The summed E-state index contributed by atoms with van der Waals surface area (Å²) in [4.78, 5) is 20.5. The molecule has 25 heavy (non-hydrogen) atoms. The zero-order valence-electron chi connectivity index (χ0n) is 13.3. The van der Waals surface area contributed by atoms with Crippen LogP contribution in [0.1, 0.15) is 15.9 Å². The van der Waals surface area contributed by atoms with Crippen molar-refractivity contribution >= 4 is 46.4 Å². The van der Waals surface area contributed by atoms with E-state index in [4.69, 9.17) is 23.2 Å². The molecule has 2 N–H and O–H groups in total. The van der Waals surface area contributed by atoms with Crippen molar-refractivity contribution in [3.8, 4) is 0 Å². The number of amides is 1. The number of nitrogens with one attached hydrogen (secondary N) is 2. The number of hydrogen-bond acceptors (Lipinski definition) is 4. The van der Waals surface area contributed by atoms with Crippen LogP contribution in [0.5, 0.6) is 0 Å². The Hall–Kier alpha value is -2.63. The summed E-state index contributed by atoms with van der Waals surface area (Å²) in [6, 6.07) is 12.5. The third kappa shape index (κ3) is 4.47. The first-order valence-corrected chi connectivity index (χ1v) is 8.19. The van der Waals surface area contributed by atoms with Crippen molar-refractivity contribution in [2.75, 3.05) is 10.6 Å². The van der Waals surface area contributed by atoms with Crippen LogP contribution >= 0.6 is 23.2 Å². The largest absolute Gasteiger partial charge is 0.324 e. The molecule has 0 spiro atoms. The van der Waals surface area contributed by atoms with Gasteiger partial charge in [-0.2, -0.15) is 0 Å². The number of nitrogens with zero attached hydrogens (tertiary/aromatic N) is 2. The molecular formula is C18H14Cl2N4O.